The summed E-state index contributed by atoms with van der Waals surface area (Å²) in [7, 11) is 1.86. The van der Waals surface area contributed by atoms with Crippen molar-refractivity contribution < 1.29 is 18.7 Å². The van der Waals surface area contributed by atoms with Crippen molar-refractivity contribution in [1.29, 1.82) is 0 Å². The second-order valence-electron chi connectivity index (χ2n) is 8.13. The number of hydrogen-bond donors (Lipinski definition) is 2. The van der Waals surface area contributed by atoms with Crippen LogP contribution in [0.3, 0.4) is 0 Å². The fourth-order valence-corrected chi connectivity index (χ4v) is 4.40. The van der Waals surface area contributed by atoms with Crippen LogP contribution in [0, 0.1) is 0 Å². The molecule has 2 N–H and O–H groups in total. The Morgan fingerprint density at radius 3 is 2.82 bits per heavy atom. The van der Waals surface area contributed by atoms with Crippen LogP contribution in [0.15, 0.2) is 46.6 Å². The van der Waals surface area contributed by atoms with Crippen molar-refractivity contribution >= 4 is 28.9 Å². The average Bonchev–Trinajstić information content (AvgIpc) is 3.50. The van der Waals surface area contributed by atoms with E-state index >= 15 is 0 Å². The number of hydrogen-bond acceptors (Lipinski definition) is 9. The summed E-state index contributed by atoms with van der Waals surface area (Å²) in [6, 6.07) is 2.35. The number of carbonyl (C=O) groups excluding carboxylic acids is 2. The number of furan rings is 1. The summed E-state index contributed by atoms with van der Waals surface area (Å²) < 4.78 is 12.5. The lowest BCUT2D eigenvalue weighted by Gasteiger charge is -2.37. The molecule has 0 aromatic carbocycles. The maximum atomic E-state index is 12.9. The average molecular weight is 467 g/mol. The standard InChI is InChI=1S/C22H26N8O4/c1-3-33-21(31)17-15(26-22(32)27-18(17)16-5-4-10-34-16)12-29-6-8-30(9-7-29)20-14-11-25-28(2)19(14)23-13-24-20/h4-5,10-11,13,18H,3,6-9,12H2,1-2H3,(H2,26,27,32)/t18-/m1/s1. The van der Waals surface area contributed by atoms with Crippen LogP contribution in [-0.2, 0) is 16.6 Å². The highest BCUT2D eigenvalue weighted by Crippen LogP contribution is 2.29. The highest BCUT2D eigenvalue weighted by Gasteiger charge is 2.36. The van der Waals surface area contributed by atoms with Crippen molar-refractivity contribution in [3.05, 3.63) is 48.0 Å². The molecule has 2 amide bonds. The third-order valence-electron chi connectivity index (χ3n) is 6.04. The molecule has 0 unspecified atom stereocenters. The van der Waals surface area contributed by atoms with Gasteiger partial charge in [0.15, 0.2) is 5.65 Å². The van der Waals surface area contributed by atoms with Crippen LogP contribution < -0.4 is 15.5 Å². The Balaban J connectivity index is 1.35. The van der Waals surface area contributed by atoms with E-state index in [0.29, 0.717) is 23.6 Å². The van der Waals surface area contributed by atoms with Crippen LogP contribution in [0.4, 0.5) is 10.6 Å². The van der Waals surface area contributed by atoms with Crippen molar-refractivity contribution in [3.63, 3.8) is 0 Å². The molecule has 12 heteroatoms. The number of anilines is 1. The molecule has 1 fully saturated rings. The molecule has 1 saturated heterocycles. The summed E-state index contributed by atoms with van der Waals surface area (Å²) in [6.45, 7) is 5.29. The minimum atomic E-state index is -0.709. The highest BCUT2D eigenvalue weighted by atomic mass is 16.5. The Kier molecular flexibility index (Phi) is 5.88. The zero-order chi connectivity index (χ0) is 23.7. The number of aromatic nitrogens is 4. The molecule has 5 rings (SSSR count). The van der Waals surface area contributed by atoms with Gasteiger partial charge in [-0.15, -0.1) is 0 Å². The normalized spacial score (nSPS) is 19.3. The van der Waals surface area contributed by atoms with Crippen LogP contribution in [-0.4, -0.2) is 76.0 Å². The Hall–Kier alpha value is -3.93. The number of esters is 1. The van der Waals surface area contributed by atoms with E-state index in [9.17, 15) is 9.59 Å². The SMILES string of the molecule is CCOC(=O)C1=C(CN2CCN(c3ncnc4c3cnn4C)CC2)NC(=O)N[C@@H]1c1ccco1. The first kappa shape index (κ1) is 21.9. The van der Waals surface area contributed by atoms with Gasteiger partial charge >= 0.3 is 12.0 Å². The number of nitrogens with one attached hydrogen (secondary N) is 2. The predicted octanol–water partition coefficient (Wildman–Crippen LogP) is 0.950. The molecule has 0 aliphatic carbocycles. The lowest BCUT2D eigenvalue weighted by molar-refractivity contribution is -0.139. The van der Waals surface area contributed by atoms with Gasteiger partial charge in [-0.1, -0.05) is 0 Å². The summed E-state index contributed by atoms with van der Waals surface area (Å²) >= 11 is 0. The van der Waals surface area contributed by atoms with Gasteiger partial charge in [-0.2, -0.15) is 5.10 Å². The fourth-order valence-electron chi connectivity index (χ4n) is 4.40. The fraction of sp³-hybridized carbons (Fsp3) is 0.409. The van der Waals surface area contributed by atoms with E-state index in [0.717, 1.165) is 43.0 Å². The quantitative estimate of drug-likeness (QED) is 0.510. The largest absolute Gasteiger partial charge is 0.467 e. The number of amides is 2. The van der Waals surface area contributed by atoms with Crippen molar-refractivity contribution in [2.75, 3.05) is 44.2 Å². The molecule has 2 aliphatic heterocycles. The predicted molar refractivity (Wildman–Crippen MR) is 122 cm³/mol. The molecule has 0 spiro atoms. The first-order chi connectivity index (χ1) is 16.5. The monoisotopic (exact) mass is 466 g/mol. The molecule has 0 saturated carbocycles. The third kappa shape index (κ3) is 4.07. The summed E-state index contributed by atoms with van der Waals surface area (Å²) in [6.07, 6.45) is 4.85. The van der Waals surface area contributed by atoms with Gasteiger partial charge in [-0.05, 0) is 19.1 Å². The number of nitrogens with zero attached hydrogens (tertiary/aromatic N) is 6. The Bertz CT molecular complexity index is 1230. The minimum Gasteiger partial charge on any atom is -0.467 e. The van der Waals surface area contributed by atoms with Gasteiger partial charge in [0, 0.05) is 45.5 Å². The molecular weight excluding hydrogens is 440 g/mol. The van der Waals surface area contributed by atoms with Crippen LogP contribution in [0.5, 0.6) is 0 Å². The lowest BCUT2D eigenvalue weighted by Crippen LogP contribution is -2.52. The summed E-state index contributed by atoms with van der Waals surface area (Å²) in [4.78, 5) is 38.5. The first-order valence-corrected chi connectivity index (χ1v) is 11.2. The second kappa shape index (κ2) is 9.14. The number of aryl methyl sites for hydroxylation is 1. The molecule has 3 aromatic heterocycles. The van der Waals surface area contributed by atoms with Crippen molar-refractivity contribution in [3.8, 4) is 0 Å². The molecule has 5 heterocycles. The smallest absolute Gasteiger partial charge is 0.338 e. The van der Waals surface area contributed by atoms with Crippen molar-refractivity contribution in [2.45, 2.75) is 13.0 Å². The molecule has 178 valence electrons. The first-order valence-electron chi connectivity index (χ1n) is 11.2. The van der Waals surface area contributed by atoms with Crippen LogP contribution in [0.1, 0.15) is 18.7 Å². The van der Waals surface area contributed by atoms with Gasteiger partial charge in [0.05, 0.1) is 30.0 Å². The molecule has 12 nitrogen and oxygen atoms in total. The number of rotatable bonds is 6. The van der Waals surface area contributed by atoms with Gasteiger partial charge in [-0.25, -0.2) is 19.6 Å². The zero-order valence-electron chi connectivity index (χ0n) is 19.0. The Morgan fingerprint density at radius 1 is 1.26 bits per heavy atom. The van der Waals surface area contributed by atoms with E-state index in [2.05, 4.69) is 35.5 Å². The number of ether oxygens (including phenoxy) is 1. The Morgan fingerprint density at radius 2 is 2.09 bits per heavy atom. The van der Waals surface area contributed by atoms with E-state index in [-0.39, 0.29) is 12.6 Å². The summed E-state index contributed by atoms with van der Waals surface area (Å²) in [5.41, 5.74) is 1.67. The molecule has 2 aliphatic rings. The summed E-state index contributed by atoms with van der Waals surface area (Å²) in [5.74, 6) is 0.853. The number of piperazine rings is 1. The van der Waals surface area contributed by atoms with E-state index in [1.165, 1.54) is 6.26 Å². The van der Waals surface area contributed by atoms with Gasteiger partial charge in [-0.3, -0.25) is 9.58 Å². The van der Waals surface area contributed by atoms with E-state index < -0.39 is 12.0 Å². The number of carbonyl (C=O) groups is 2. The lowest BCUT2D eigenvalue weighted by atomic mass is 9.99. The second-order valence-corrected chi connectivity index (χ2v) is 8.13. The van der Waals surface area contributed by atoms with E-state index in [1.54, 1.807) is 36.3 Å². The van der Waals surface area contributed by atoms with Gasteiger partial charge in [0.25, 0.3) is 0 Å². The maximum absolute atomic E-state index is 12.9. The molecule has 34 heavy (non-hydrogen) atoms. The summed E-state index contributed by atoms with van der Waals surface area (Å²) in [5, 5.41) is 10.8. The molecule has 3 aromatic rings. The van der Waals surface area contributed by atoms with Crippen molar-refractivity contribution in [1.82, 2.24) is 35.3 Å². The zero-order valence-corrected chi connectivity index (χ0v) is 19.0. The van der Waals surface area contributed by atoms with Gasteiger partial charge < -0.3 is 24.7 Å². The van der Waals surface area contributed by atoms with E-state index in [1.807, 2.05) is 7.05 Å². The van der Waals surface area contributed by atoms with Crippen LogP contribution in [0.25, 0.3) is 11.0 Å². The molecule has 0 bridgehead atoms. The van der Waals surface area contributed by atoms with Crippen LogP contribution in [0.2, 0.25) is 0 Å². The Labute approximate surface area is 195 Å². The number of urea groups is 1. The third-order valence-corrected chi connectivity index (χ3v) is 6.04. The molecule has 1 atom stereocenters. The van der Waals surface area contributed by atoms with Gasteiger partial charge in [0.2, 0.25) is 0 Å². The van der Waals surface area contributed by atoms with Crippen molar-refractivity contribution in [2.24, 2.45) is 7.05 Å². The van der Waals surface area contributed by atoms with Gasteiger partial charge in [0.1, 0.15) is 23.9 Å². The topological polar surface area (TPSA) is 131 Å². The molecule has 0 radical (unpaired) electrons. The molecular formula is C22H26N8O4. The van der Waals surface area contributed by atoms with E-state index in [4.69, 9.17) is 9.15 Å². The number of fused-ring (bicyclic) bond motifs is 1. The van der Waals surface area contributed by atoms with Crippen LogP contribution >= 0.6 is 0 Å². The maximum Gasteiger partial charge on any atom is 0.338 e. The highest BCUT2D eigenvalue weighted by molar-refractivity contribution is 5.95. The minimum absolute atomic E-state index is 0.231.